The minimum atomic E-state index is 0.118. The van der Waals surface area contributed by atoms with Crippen molar-refractivity contribution in [1.82, 2.24) is 4.90 Å². The van der Waals surface area contributed by atoms with Crippen LogP contribution in [-0.4, -0.2) is 29.9 Å². The molecule has 0 unspecified atom stereocenters. The van der Waals surface area contributed by atoms with Gasteiger partial charge in [-0.25, -0.2) is 0 Å². The molecular formula is C20H23NO3. The summed E-state index contributed by atoms with van der Waals surface area (Å²) in [6.45, 7) is 3.70. The van der Waals surface area contributed by atoms with Crippen molar-refractivity contribution in [3.05, 3.63) is 59.2 Å². The minimum absolute atomic E-state index is 0.118. The number of aliphatic hydroxyl groups excluding tert-OH is 1. The molecule has 0 spiro atoms. The average Bonchev–Trinajstić information content (AvgIpc) is 3.24. The zero-order chi connectivity index (χ0) is 16.4. The lowest BCUT2D eigenvalue weighted by molar-refractivity contribution is 0.174. The lowest BCUT2D eigenvalue weighted by Crippen LogP contribution is -2.20. The van der Waals surface area contributed by atoms with E-state index >= 15 is 0 Å². The minimum Gasteiger partial charge on any atom is -0.454 e. The SMILES string of the molecule is OCc1ccc(C[C@@H]2CCN(Cc3ccc4c(c3)OCO4)C2)cc1. The normalized spacial score (nSPS) is 19.8. The molecule has 1 fully saturated rings. The summed E-state index contributed by atoms with van der Waals surface area (Å²) in [6, 6.07) is 14.6. The Bertz CT molecular complexity index is 699. The number of ether oxygens (including phenoxy) is 2. The largest absolute Gasteiger partial charge is 0.454 e. The highest BCUT2D eigenvalue weighted by molar-refractivity contribution is 5.44. The molecule has 24 heavy (non-hydrogen) atoms. The van der Waals surface area contributed by atoms with Gasteiger partial charge in [-0.2, -0.15) is 0 Å². The summed E-state index contributed by atoms with van der Waals surface area (Å²) in [4.78, 5) is 2.52. The Morgan fingerprint density at radius 1 is 0.958 bits per heavy atom. The highest BCUT2D eigenvalue weighted by Crippen LogP contribution is 2.33. The van der Waals surface area contributed by atoms with E-state index in [1.807, 2.05) is 18.2 Å². The van der Waals surface area contributed by atoms with Crippen LogP contribution in [0, 0.1) is 5.92 Å². The third-order valence-electron chi connectivity index (χ3n) is 4.94. The average molecular weight is 325 g/mol. The van der Waals surface area contributed by atoms with Crippen LogP contribution in [0.25, 0.3) is 0 Å². The quantitative estimate of drug-likeness (QED) is 0.918. The number of hydrogen-bond donors (Lipinski definition) is 1. The number of nitrogens with zero attached hydrogens (tertiary/aromatic N) is 1. The van der Waals surface area contributed by atoms with Crippen LogP contribution in [0.1, 0.15) is 23.1 Å². The van der Waals surface area contributed by atoms with Gasteiger partial charge in [0.1, 0.15) is 0 Å². The highest BCUT2D eigenvalue weighted by Gasteiger charge is 2.23. The Morgan fingerprint density at radius 2 is 1.71 bits per heavy atom. The van der Waals surface area contributed by atoms with E-state index in [-0.39, 0.29) is 6.61 Å². The first kappa shape index (κ1) is 15.5. The van der Waals surface area contributed by atoms with Crippen LogP contribution in [0.15, 0.2) is 42.5 Å². The lowest BCUT2D eigenvalue weighted by Gasteiger charge is -2.16. The molecule has 2 aliphatic heterocycles. The Kier molecular flexibility index (Phi) is 4.41. The van der Waals surface area contributed by atoms with Crippen molar-refractivity contribution in [2.24, 2.45) is 5.92 Å². The van der Waals surface area contributed by atoms with Crippen molar-refractivity contribution in [3.63, 3.8) is 0 Å². The van der Waals surface area contributed by atoms with Crippen LogP contribution >= 0.6 is 0 Å². The number of hydrogen-bond acceptors (Lipinski definition) is 4. The van der Waals surface area contributed by atoms with Crippen LogP contribution in [-0.2, 0) is 19.6 Å². The van der Waals surface area contributed by atoms with Crippen molar-refractivity contribution in [1.29, 1.82) is 0 Å². The van der Waals surface area contributed by atoms with E-state index in [4.69, 9.17) is 14.6 Å². The van der Waals surface area contributed by atoms with Crippen LogP contribution in [0.4, 0.5) is 0 Å². The van der Waals surface area contributed by atoms with Gasteiger partial charge >= 0.3 is 0 Å². The molecule has 1 atom stereocenters. The molecule has 2 aliphatic rings. The summed E-state index contributed by atoms with van der Waals surface area (Å²) in [7, 11) is 0. The van der Waals surface area contributed by atoms with Gasteiger partial charge in [-0.05, 0) is 54.1 Å². The van der Waals surface area contributed by atoms with E-state index in [1.165, 1.54) is 17.5 Å². The van der Waals surface area contributed by atoms with E-state index < -0.39 is 0 Å². The molecular weight excluding hydrogens is 302 g/mol. The maximum absolute atomic E-state index is 9.12. The van der Waals surface area contributed by atoms with Crippen molar-refractivity contribution in [2.75, 3.05) is 19.9 Å². The highest BCUT2D eigenvalue weighted by atomic mass is 16.7. The van der Waals surface area contributed by atoms with Crippen LogP contribution in [0.5, 0.6) is 11.5 Å². The molecule has 4 nitrogen and oxygen atoms in total. The molecule has 0 amide bonds. The van der Waals surface area contributed by atoms with E-state index in [0.717, 1.165) is 43.1 Å². The molecule has 0 bridgehead atoms. The van der Waals surface area contributed by atoms with Crippen molar-refractivity contribution in [3.8, 4) is 11.5 Å². The van der Waals surface area contributed by atoms with E-state index in [1.54, 1.807) is 0 Å². The van der Waals surface area contributed by atoms with Crippen molar-refractivity contribution in [2.45, 2.75) is 26.0 Å². The second-order valence-electron chi connectivity index (χ2n) is 6.76. The first-order valence-corrected chi connectivity index (χ1v) is 8.60. The molecule has 126 valence electrons. The molecule has 1 N–H and O–H groups in total. The second-order valence-corrected chi connectivity index (χ2v) is 6.76. The number of fused-ring (bicyclic) bond motifs is 1. The summed E-state index contributed by atoms with van der Waals surface area (Å²) in [6.07, 6.45) is 2.36. The first-order chi connectivity index (χ1) is 11.8. The van der Waals surface area contributed by atoms with Gasteiger partial charge in [-0.3, -0.25) is 4.90 Å². The molecule has 2 aromatic rings. The Labute approximate surface area is 142 Å². The molecule has 4 rings (SSSR count). The van der Waals surface area contributed by atoms with Gasteiger partial charge in [0.15, 0.2) is 11.5 Å². The molecule has 4 heteroatoms. The molecule has 2 aromatic carbocycles. The van der Waals surface area contributed by atoms with Crippen LogP contribution in [0.3, 0.4) is 0 Å². The van der Waals surface area contributed by atoms with Gasteiger partial charge in [-0.15, -0.1) is 0 Å². The maximum atomic E-state index is 9.12. The van der Waals surface area contributed by atoms with Crippen molar-refractivity contribution < 1.29 is 14.6 Å². The summed E-state index contributed by atoms with van der Waals surface area (Å²) in [5.41, 5.74) is 3.63. The van der Waals surface area contributed by atoms with Gasteiger partial charge in [0.25, 0.3) is 0 Å². The van der Waals surface area contributed by atoms with Gasteiger partial charge < -0.3 is 14.6 Å². The zero-order valence-corrected chi connectivity index (χ0v) is 13.8. The van der Waals surface area contributed by atoms with Crippen LogP contribution in [0.2, 0.25) is 0 Å². The number of likely N-dealkylation sites (tertiary alicyclic amines) is 1. The van der Waals surface area contributed by atoms with E-state index in [2.05, 4.69) is 29.2 Å². The summed E-state index contributed by atoms with van der Waals surface area (Å²) >= 11 is 0. The van der Waals surface area contributed by atoms with E-state index in [0.29, 0.717) is 12.7 Å². The molecule has 0 saturated carbocycles. The number of benzene rings is 2. The Hall–Kier alpha value is -2.04. The first-order valence-electron chi connectivity index (χ1n) is 8.60. The molecule has 0 radical (unpaired) electrons. The number of aliphatic hydroxyl groups is 1. The van der Waals surface area contributed by atoms with E-state index in [9.17, 15) is 0 Å². The van der Waals surface area contributed by atoms with Gasteiger partial charge in [0, 0.05) is 13.1 Å². The fourth-order valence-electron chi connectivity index (χ4n) is 3.63. The number of rotatable bonds is 5. The monoisotopic (exact) mass is 325 g/mol. The Morgan fingerprint density at radius 3 is 2.54 bits per heavy atom. The zero-order valence-electron chi connectivity index (χ0n) is 13.8. The summed E-state index contributed by atoms with van der Waals surface area (Å²) < 4.78 is 10.8. The van der Waals surface area contributed by atoms with Gasteiger partial charge in [0.2, 0.25) is 6.79 Å². The predicted molar refractivity (Wildman–Crippen MR) is 92.0 cm³/mol. The molecule has 1 saturated heterocycles. The van der Waals surface area contributed by atoms with Crippen molar-refractivity contribution >= 4 is 0 Å². The fourth-order valence-corrected chi connectivity index (χ4v) is 3.63. The maximum Gasteiger partial charge on any atom is 0.231 e. The molecule has 0 aliphatic carbocycles. The van der Waals surface area contributed by atoms with Gasteiger partial charge in [-0.1, -0.05) is 30.3 Å². The Balaban J connectivity index is 1.32. The summed E-state index contributed by atoms with van der Waals surface area (Å²) in [5.74, 6) is 2.43. The summed E-state index contributed by atoms with van der Waals surface area (Å²) in [5, 5.41) is 9.12. The smallest absolute Gasteiger partial charge is 0.231 e. The molecule has 0 aromatic heterocycles. The lowest BCUT2D eigenvalue weighted by atomic mass is 9.98. The third kappa shape index (κ3) is 3.40. The topological polar surface area (TPSA) is 41.9 Å². The van der Waals surface area contributed by atoms with Gasteiger partial charge in [0.05, 0.1) is 6.61 Å². The third-order valence-corrected chi connectivity index (χ3v) is 4.94. The molecule has 2 heterocycles. The standard InChI is InChI=1S/C20H23NO3/c22-13-16-3-1-15(2-4-16)9-18-7-8-21(12-18)11-17-5-6-19-20(10-17)24-14-23-19/h1-6,10,18,22H,7-9,11-14H2/t18-/m0/s1. The van der Waals surface area contributed by atoms with Crippen LogP contribution < -0.4 is 9.47 Å². The fraction of sp³-hybridized carbons (Fsp3) is 0.400. The predicted octanol–water partition coefficient (Wildman–Crippen LogP) is 2.97. The second kappa shape index (κ2) is 6.83.